The van der Waals surface area contributed by atoms with Gasteiger partial charge in [-0.25, -0.2) is 4.39 Å². The van der Waals surface area contributed by atoms with E-state index in [0.29, 0.717) is 0 Å². The van der Waals surface area contributed by atoms with E-state index in [1.165, 1.54) is 6.07 Å². The van der Waals surface area contributed by atoms with Gasteiger partial charge in [0.1, 0.15) is 0 Å². The first-order valence-electron chi connectivity index (χ1n) is 3.72. The number of hydrogen-bond acceptors (Lipinski definition) is 1. The second-order valence-electron chi connectivity index (χ2n) is 2.72. The van der Waals surface area contributed by atoms with E-state index in [-0.39, 0.29) is 16.9 Å². The van der Waals surface area contributed by atoms with E-state index in [0.717, 1.165) is 0 Å². The highest BCUT2D eigenvalue weighted by Crippen LogP contribution is 2.24. The normalized spacial score (nSPS) is 10.4. The van der Waals surface area contributed by atoms with Crippen molar-refractivity contribution in [3.63, 3.8) is 0 Å². The van der Waals surface area contributed by atoms with Crippen LogP contribution in [0.15, 0.2) is 18.2 Å². The molecule has 0 amide bonds. The van der Waals surface area contributed by atoms with Gasteiger partial charge in [-0.05, 0) is 26.0 Å². The van der Waals surface area contributed by atoms with E-state index in [4.69, 9.17) is 16.3 Å². The Morgan fingerprint density at radius 1 is 1.42 bits per heavy atom. The molecule has 0 radical (unpaired) electrons. The summed E-state index contributed by atoms with van der Waals surface area (Å²) in [7, 11) is 0. The molecular formula is C9H10ClFO. The van der Waals surface area contributed by atoms with Crippen molar-refractivity contribution in [2.75, 3.05) is 0 Å². The van der Waals surface area contributed by atoms with Crippen LogP contribution in [0.5, 0.6) is 5.75 Å². The Morgan fingerprint density at radius 2 is 2.08 bits per heavy atom. The summed E-state index contributed by atoms with van der Waals surface area (Å²) in [6, 6.07) is 4.70. The Bertz CT molecular complexity index is 273. The Labute approximate surface area is 76.1 Å². The van der Waals surface area contributed by atoms with Crippen LogP contribution in [0.25, 0.3) is 0 Å². The quantitative estimate of drug-likeness (QED) is 0.692. The fourth-order valence-electron chi connectivity index (χ4n) is 0.829. The summed E-state index contributed by atoms with van der Waals surface area (Å²) in [6.07, 6.45) is -0.0435. The minimum Gasteiger partial charge on any atom is -0.488 e. The molecule has 1 nitrogen and oxygen atoms in total. The second-order valence-corrected chi connectivity index (χ2v) is 3.13. The molecule has 1 aromatic carbocycles. The fourth-order valence-corrected chi connectivity index (χ4v) is 0.995. The molecule has 66 valence electrons. The maximum atomic E-state index is 13.1. The molecule has 0 aliphatic heterocycles. The largest absolute Gasteiger partial charge is 0.488 e. The van der Waals surface area contributed by atoms with E-state index in [1.54, 1.807) is 12.1 Å². The summed E-state index contributed by atoms with van der Waals surface area (Å²) in [4.78, 5) is 0. The first-order valence-corrected chi connectivity index (χ1v) is 4.09. The summed E-state index contributed by atoms with van der Waals surface area (Å²) >= 11 is 5.54. The lowest BCUT2D eigenvalue weighted by atomic mass is 10.3. The van der Waals surface area contributed by atoms with Crippen LogP contribution in [0.2, 0.25) is 5.02 Å². The fraction of sp³-hybridized carbons (Fsp3) is 0.333. The van der Waals surface area contributed by atoms with Gasteiger partial charge < -0.3 is 4.74 Å². The molecule has 0 aliphatic rings. The van der Waals surface area contributed by atoms with Crippen LogP contribution < -0.4 is 4.74 Å². The predicted octanol–water partition coefficient (Wildman–Crippen LogP) is 3.27. The molecule has 0 saturated heterocycles. The van der Waals surface area contributed by atoms with Crippen molar-refractivity contribution < 1.29 is 9.13 Å². The van der Waals surface area contributed by atoms with E-state index in [2.05, 4.69) is 0 Å². The molecule has 0 aliphatic carbocycles. The highest BCUT2D eigenvalue weighted by molar-refractivity contribution is 6.30. The monoisotopic (exact) mass is 188 g/mol. The molecular weight excluding hydrogens is 179 g/mol. The number of ether oxygens (including phenoxy) is 1. The van der Waals surface area contributed by atoms with Crippen molar-refractivity contribution in [1.29, 1.82) is 0 Å². The van der Waals surface area contributed by atoms with Gasteiger partial charge in [0, 0.05) is 0 Å². The van der Waals surface area contributed by atoms with Gasteiger partial charge in [-0.1, -0.05) is 17.7 Å². The van der Waals surface area contributed by atoms with Crippen molar-refractivity contribution in [1.82, 2.24) is 0 Å². The zero-order valence-electron chi connectivity index (χ0n) is 6.97. The maximum Gasteiger partial charge on any atom is 0.183 e. The molecule has 0 atom stereocenters. The van der Waals surface area contributed by atoms with Crippen molar-refractivity contribution in [2.24, 2.45) is 0 Å². The lowest BCUT2D eigenvalue weighted by molar-refractivity contribution is 0.231. The maximum absolute atomic E-state index is 13.1. The summed E-state index contributed by atoms with van der Waals surface area (Å²) in [5.41, 5.74) is 0. The van der Waals surface area contributed by atoms with Crippen molar-refractivity contribution in [2.45, 2.75) is 20.0 Å². The van der Waals surface area contributed by atoms with Crippen LogP contribution >= 0.6 is 11.6 Å². The highest BCUT2D eigenvalue weighted by Gasteiger charge is 2.07. The van der Waals surface area contributed by atoms with Gasteiger partial charge in [0.15, 0.2) is 11.6 Å². The molecule has 0 unspecified atom stereocenters. The van der Waals surface area contributed by atoms with Crippen molar-refractivity contribution >= 4 is 11.6 Å². The van der Waals surface area contributed by atoms with Gasteiger partial charge in [0.05, 0.1) is 11.1 Å². The lowest BCUT2D eigenvalue weighted by Crippen LogP contribution is -2.06. The third-order valence-corrected chi connectivity index (χ3v) is 1.57. The molecule has 0 spiro atoms. The van der Waals surface area contributed by atoms with Gasteiger partial charge in [0.2, 0.25) is 0 Å². The molecule has 1 aromatic rings. The van der Waals surface area contributed by atoms with Gasteiger partial charge in [0.25, 0.3) is 0 Å². The molecule has 0 aromatic heterocycles. The summed E-state index contributed by atoms with van der Waals surface area (Å²) < 4.78 is 18.3. The van der Waals surface area contributed by atoms with Gasteiger partial charge in [-0.2, -0.15) is 0 Å². The van der Waals surface area contributed by atoms with Crippen molar-refractivity contribution in [3.8, 4) is 5.75 Å². The summed E-state index contributed by atoms with van der Waals surface area (Å²) in [5.74, 6) is -0.287. The number of rotatable bonds is 2. The van der Waals surface area contributed by atoms with E-state index < -0.39 is 5.82 Å². The number of halogens is 2. The zero-order valence-corrected chi connectivity index (χ0v) is 7.73. The Kier molecular flexibility index (Phi) is 2.93. The molecule has 1 rings (SSSR count). The topological polar surface area (TPSA) is 9.23 Å². The second kappa shape index (κ2) is 3.76. The van der Waals surface area contributed by atoms with Gasteiger partial charge in [-0.15, -0.1) is 0 Å². The molecule has 0 saturated carbocycles. The third-order valence-electron chi connectivity index (χ3n) is 1.28. The number of benzene rings is 1. The molecule has 0 bridgehead atoms. The minimum atomic E-state index is -0.493. The molecule has 0 N–H and O–H groups in total. The Balaban J connectivity index is 2.92. The van der Waals surface area contributed by atoms with Crippen LogP contribution in [0.3, 0.4) is 0 Å². The Hall–Kier alpha value is -0.760. The number of hydrogen-bond donors (Lipinski definition) is 0. The van der Waals surface area contributed by atoms with E-state index in [9.17, 15) is 4.39 Å². The van der Waals surface area contributed by atoms with Gasteiger partial charge >= 0.3 is 0 Å². The SMILES string of the molecule is CC(C)Oc1cccc(Cl)c1F. The molecule has 0 fully saturated rings. The van der Waals surface area contributed by atoms with Crippen molar-refractivity contribution in [3.05, 3.63) is 29.0 Å². The lowest BCUT2D eigenvalue weighted by Gasteiger charge is -2.10. The molecule has 0 heterocycles. The van der Waals surface area contributed by atoms with Crippen LogP contribution in [0, 0.1) is 5.82 Å². The molecule has 12 heavy (non-hydrogen) atoms. The van der Waals surface area contributed by atoms with E-state index in [1.807, 2.05) is 13.8 Å². The zero-order chi connectivity index (χ0) is 9.14. The van der Waals surface area contributed by atoms with Crippen LogP contribution in [0.4, 0.5) is 4.39 Å². The van der Waals surface area contributed by atoms with Crippen LogP contribution in [-0.4, -0.2) is 6.10 Å². The summed E-state index contributed by atoms with van der Waals surface area (Å²) in [6.45, 7) is 3.67. The highest BCUT2D eigenvalue weighted by atomic mass is 35.5. The average Bonchev–Trinajstić information content (AvgIpc) is 1.98. The smallest absolute Gasteiger partial charge is 0.183 e. The first-order chi connectivity index (χ1) is 5.61. The predicted molar refractivity (Wildman–Crippen MR) is 47.2 cm³/mol. The van der Waals surface area contributed by atoms with E-state index >= 15 is 0 Å². The first kappa shape index (κ1) is 9.33. The van der Waals surface area contributed by atoms with Crippen LogP contribution in [0.1, 0.15) is 13.8 Å². The van der Waals surface area contributed by atoms with Gasteiger partial charge in [-0.3, -0.25) is 0 Å². The third kappa shape index (κ3) is 2.11. The summed E-state index contributed by atoms with van der Waals surface area (Å²) in [5, 5.41) is 0.0909. The Morgan fingerprint density at radius 3 is 2.67 bits per heavy atom. The average molecular weight is 189 g/mol. The minimum absolute atomic E-state index is 0.0435. The molecule has 3 heteroatoms. The standard InChI is InChI=1S/C9H10ClFO/c1-6(2)12-8-5-3-4-7(10)9(8)11/h3-6H,1-2H3. The van der Waals surface area contributed by atoms with Crippen LogP contribution in [-0.2, 0) is 0 Å².